The minimum absolute atomic E-state index is 0.473. The molecule has 2 nitrogen and oxygen atoms in total. The minimum Gasteiger partial charge on any atom is -0.377 e. The largest absolute Gasteiger partial charge is 0.377 e. The number of hydrogen-bond acceptors (Lipinski definition) is 2. The van der Waals surface area contributed by atoms with Crippen LogP contribution in [-0.4, -0.2) is 36.7 Å². The van der Waals surface area contributed by atoms with Gasteiger partial charge in [-0.15, -0.1) is 0 Å². The molecule has 0 aliphatic carbocycles. The van der Waals surface area contributed by atoms with Gasteiger partial charge in [0.2, 0.25) is 0 Å². The molecule has 3 heteroatoms. The lowest BCUT2D eigenvalue weighted by Crippen LogP contribution is -2.43. The van der Waals surface area contributed by atoms with Crippen LogP contribution in [0.4, 0.5) is 0 Å². The van der Waals surface area contributed by atoms with Crippen LogP contribution in [0.3, 0.4) is 0 Å². The highest BCUT2D eigenvalue weighted by molar-refractivity contribution is 9.10. The van der Waals surface area contributed by atoms with Gasteiger partial charge in [-0.3, -0.25) is 0 Å². The molecule has 2 bridgehead atoms. The average Bonchev–Trinajstić information content (AvgIpc) is 2.66. The fourth-order valence-electron chi connectivity index (χ4n) is 3.67. The van der Waals surface area contributed by atoms with Crippen LogP contribution in [0.15, 0.2) is 28.7 Å². The standard InChI is InChI=1S/C17H24BrNO/c1-12(13-3-5-14(18)6-4-13)11-20-17-9-15-7-8-16(10-17)19(15)2/h3-6,12,15-17H,7-11H2,1-2H3/t12?,15-,16+,17?. The van der Waals surface area contributed by atoms with Crippen LogP contribution < -0.4 is 0 Å². The second-order valence-electron chi connectivity index (χ2n) is 6.43. The first-order valence-corrected chi connectivity index (χ1v) is 8.52. The number of fused-ring (bicyclic) bond motifs is 2. The highest BCUT2D eigenvalue weighted by Crippen LogP contribution is 2.35. The van der Waals surface area contributed by atoms with Crippen molar-refractivity contribution in [3.8, 4) is 0 Å². The first-order valence-electron chi connectivity index (χ1n) is 7.72. The van der Waals surface area contributed by atoms with Gasteiger partial charge in [0.25, 0.3) is 0 Å². The molecule has 3 rings (SSSR count). The van der Waals surface area contributed by atoms with Gasteiger partial charge in [0.1, 0.15) is 0 Å². The Morgan fingerprint density at radius 1 is 1.20 bits per heavy atom. The van der Waals surface area contributed by atoms with E-state index in [0.29, 0.717) is 12.0 Å². The summed E-state index contributed by atoms with van der Waals surface area (Å²) < 4.78 is 7.36. The molecule has 4 atom stereocenters. The zero-order valence-electron chi connectivity index (χ0n) is 12.4. The number of nitrogens with zero attached hydrogens (tertiary/aromatic N) is 1. The lowest BCUT2D eigenvalue weighted by molar-refractivity contribution is -0.0165. The molecular formula is C17H24BrNO. The molecule has 2 aliphatic heterocycles. The van der Waals surface area contributed by atoms with Crippen LogP contribution in [0.25, 0.3) is 0 Å². The minimum atomic E-state index is 0.473. The highest BCUT2D eigenvalue weighted by Gasteiger charge is 2.38. The van der Waals surface area contributed by atoms with Gasteiger partial charge >= 0.3 is 0 Å². The summed E-state index contributed by atoms with van der Waals surface area (Å²) in [7, 11) is 2.28. The van der Waals surface area contributed by atoms with Crippen molar-refractivity contribution in [2.24, 2.45) is 0 Å². The molecule has 2 unspecified atom stereocenters. The molecule has 0 amide bonds. The fraction of sp³-hybridized carbons (Fsp3) is 0.647. The number of rotatable bonds is 4. The van der Waals surface area contributed by atoms with E-state index in [9.17, 15) is 0 Å². The van der Waals surface area contributed by atoms with Crippen molar-refractivity contribution in [2.75, 3.05) is 13.7 Å². The van der Waals surface area contributed by atoms with Crippen molar-refractivity contribution in [3.63, 3.8) is 0 Å². The molecule has 2 fully saturated rings. The van der Waals surface area contributed by atoms with E-state index < -0.39 is 0 Å². The first kappa shape index (κ1) is 14.6. The van der Waals surface area contributed by atoms with Gasteiger partial charge in [0, 0.05) is 22.5 Å². The summed E-state index contributed by atoms with van der Waals surface area (Å²) in [6, 6.07) is 10.1. The van der Waals surface area contributed by atoms with Crippen molar-refractivity contribution in [2.45, 2.75) is 56.7 Å². The third-order valence-electron chi connectivity index (χ3n) is 5.08. The van der Waals surface area contributed by atoms with Crippen molar-refractivity contribution in [1.82, 2.24) is 4.90 Å². The summed E-state index contributed by atoms with van der Waals surface area (Å²) in [5, 5.41) is 0. The first-order chi connectivity index (χ1) is 9.63. The van der Waals surface area contributed by atoms with E-state index in [1.165, 1.54) is 31.2 Å². The quantitative estimate of drug-likeness (QED) is 0.816. The maximum absolute atomic E-state index is 6.22. The van der Waals surface area contributed by atoms with Gasteiger partial charge in [0.05, 0.1) is 12.7 Å². The number of piperidine rings is 1. The topological polar surface area (TPSA) is 12.5 Å². The molecule has 2 heterocycles. The summed E-state index contributed by atoms with van der Waals surface area (Å²) in [4.78, 5) is 2.57. The lowest BCUT2D eigenvalue weighted by Gasteiger charge is -2.36. The van der Waals surface area contributed by atoms with E-state index >= 15 is 0 Å². The van der Waals surface area contributed by atoms with E-state index in [-0.39, 0.29) is 0 Å². The van der Waals surface area contributed by atoms with Crippen molar-refractivity contribution in [3.05, 3.63) is 34.3 Å². The van der Waals surface area contributed by atoms with Gasteiger partial charge in [-0.2, -0.15) is 0 Å². The molecule has 0 radical (unpaired) electrons. The monoisotopic (exact) mass is 337 g/mol. The Labute approximate surface area is 130 Å². The Balaban J connectivity index is 1.51. The van der Waals surface area contributed by atoms with Crippen molar-refractivity contribution < 1.29 is 4.74 Å². The van der Waals surface area contributed by atoms with Crippen molar-refractivity contribution in [1.29, 1.82) is 0 Å². The Kier molecular flexibility index (Phi) is 4.49. The van der Waals surface area contributed by atoms with Crippen LogP contribution in [0.5, 0.6) is 0 Å². The number of benzene rings is 1. The third-order valence-corrected chi connectivity index (χ3v) is 5.60. The Hall–Kier alpha value is -0.380. The normalized spacial score (nSPS) is 31.4. The van der Waals surface area contributed by atoms with Crippen LogP contribution in [0.2, 0.25) is 0 Å². The lowest BCUT2D eigenvalue weighted by atomic mass is 9.99. The summed E-state index contributed by atoms with van der Waals surface area (Å²) >= 11 is 3.49. The van der Waals surface area contributed by atoms with E-state index in [2.05, 4.69) is 59.1 Å². The summed E-state index contributed by atoms with van der Waals surface area (Å²) in [5.74, 6) is 0.473. The van der Waals surface area contributed by atoms with Crippen LogP contribution in [0.1, 0.15) is 44.1 Å². The molecule has 2 aliphatic rings. The number of halogens is 1. The SMILES string of the molecule is CC(COC1C[C@H]2CC[C@@H](C1)N2C)c1ccc(Br)cc1. The number of ether oxygens (including phenoxy) is 1. The summed E-state index contributed by atoms with van der Waals surface area (Å²) in [5.41, 5.74) is 1.36. The molecule has 1 aromatic carbocycles. The summed E-state index contributed by atoms with van der Waals surface area (Å²) in [6.45, 7) is 3.10. The predicted molar refractivity (Wildman–Crippen MR) is 86.1 cm³/mol. The van der Waals surface area contributed by atoms with Gasteiger partial charge in [0.15, 0.2) is 0 Å². The summed E-state index contributed by atoms with van der Waals surface area (Å²) in [6.07, 6.45) is 5.65. The maximum atomic E-state index is 6.22. The molecule has 0 spiro atoms. The van der Waals surface area contributed by atoms with Gasteiger partial charge in [-0.1, -0.05) is 35.0 Å². The molecule has 110 valence electrons. The predicted octanol–water partition coefficient (Wildman–Crippen LogP) is 4.19. The molecule has 0 N–H and O–H groups in total. The zero-order chi connectivity index (χ0) is 14.1. The molecule has 1 aromatic rings. The highest BCUT2D eigenvalue weighted by atomic mass is 79.9. The van der Waals surface area contributed by atoms with E-state index in [0.717, 1.165) is 23.2 Å². The van der Waals surface area contributed by atoms with E-state index in [1.807, 2.05) is 0 Å². The van der Waals surface area contributed by atoms with Crippen LogP contribution in [-0.2, 0) is 4.74 Å². The van der Waals surface area contributed by atoms with E-state index in [1.54, 1.807) is 0 Å². The van der Waals surface area contributed by atoms with Gasteiger partial charge in [-0.05, 0) is 50.4 Å². The zero-order valence-corrected chi connectivity index (χ0v) is 14.0. The third kappa shape index (κ3) is 3.10. The average molecular weight is 338 g/mol. The smallest absolute Gasteiger partial charge is 0.0605 e. The van der Waals surface area contributed by atoms with Crippen LogP contribution in [0, 0.1) is 0 Å². The fourth-order valence-corrected chi connectivity index (χ4v) is 3.93. The molecule has 20 heavy (non-hydrogen) atoms. The van der Waals surface area contributed by atoms with Gasteiger partial charge in [-0.25, -0.2) is 0 Å². The molecule has 2 saturated heterocycles. The molecule has 0 aromatic heterocycles. The number of hydrogen-bond donors (Lipinski definition) is 0. The van der Waals surface area contributed by atoms with Crippen molar-refractivity contribution >= 4 is 15.9 Å². The molecular weight excluding hydrogens is 314 g/mol. The van der Waals surface area contributed by atoms with Gasteiger partial charge < -0.3 is 9.64 Å². The second-order valence-corrected chi connectivity index (χ2v) is 7.35. The Bertz CT molecular complexity index is 433. The Morgan fingerprint density at radius 2 is 1.80 bits per heavy atom. The maximum Gasteiger partial charge on any atom is 0.0605 e. The molecule has 0 saturated carbocycles. The van der Waals surface area contributed by atoms with E-state index in [4.69, 9.17) is 4.74 Å². The van der Waals surface area contributed by atoms with Crippen LogP contribution >= 0.6 is 15.9 Å². The second kappa shape index (κ2) is 6.17. The Morgan fingerprint density at radius 3 is 2.40 bits per heavy atom.